The number of fused-ring (bicyclic) bond motifs is 3. The Bertz CT molecular complexity index is 2410. The van der Waals surface area contributed by atoms with Crippen molar-refractivity contribution in [2.24, 2.45) is 0 Å². The molecule has 0 fully saturated rings. The molecule has 0 radical (unpaired) electrons. The SMILES string of the molecule is N#Cc1ccc2c(c1)c1ccccc1n2-c1ccc(-c2ccc([Si](c3ccccc3)(c3ccccc3)c3ccccc3)cc2)c(C#N)c1. The molecule has 0 saturated carbocycles. The standard InChI is InChI=1S/C44H29N3Si/c45-30-32-20-27-44-42(28-32)41-18-10-11-19-43(41)47(44)35-23-26-40(34(29-35)31-46)33-21-24-39(25-22-33)48(36-12-4-1-5-13-36,37-14-6-2-7-15-37)38-16-8-3-9-17-38/h1-29H. The second-order valence-corrected chi connectivity index (χ2v) is 15.8. The van der Waals surface area contributed by atoms with E-state index in [2.05, 4.69) is 156 Å². The van der Waals surface area contributed by atoms with E-state index in [4.69, 9.17) is 0 Å². The summed E-state index contributed by atoms with van der Waals surface area (Å²) in [6.07, 6.45) is 0. The lowest BCUT2D eigenvalue weighted by Crippen LogP contribution is -2.74. The van der Waals surface area contributed by atoms with E-state index in [0.717, 1.165) is 38.6 Å². The maximum atomic E-state index is 10.4. The topological polar surface area (TPSA) is 52.5 Å². The van der Waals surface area contributed by atoms with Gasteiger partial charge in [-0.25, -0.2) is 0 Å². The fourth-order valence-electron chi connectivity index (χ4n) is 7.30. The second-order valence-electron chi connectivity index (χ2n) is 12.0. The molecule has 0 bridgehead atoms. The Morgan fingerprint density at radius 3 is 1.56 bits per heavy atom. The van der Waals surface area contributed by atoms with Crippen LogP contribution in [0.5, 0.6) is 0 Å². The van der Waals surface area contributed by atoms with Crippen LogP contribution in [0.25, 0.3) is 38.6 Å². The number of rotatable bonds is 6. The summed E-state index contributed by atoms with van der Waals surface area (Å²) in [5, 5.41) is 27.3. The van der Waals surface area contributed by atoms with Crippen molar-refractivity contribution in [3.63, 3.8) is 0 Å². The van der Waals surface area contributed by atoms with Gasteiger partial charge < -0.3 is 4.57 Å². The van der Waals surface area contributed by atoms with Gasteiger partial charge >= 0.3 is 0 Å². The molecule has 7 aromatic carbocycles. The van der Waals surface area contributed by atoms with Gasteiger partial charge in [0.1, 0.15) is 0 Å². The van der Waals surface area contributed by atoms with Crippen LogP contribution in [0.2, 0.25) is 0 Å². The van der Waals surface area contributed by atoms with Gasteiger partial charge in [-0.15, -0.1) is 0 Å². The van der Waals surface area contributed by atoms with E-state index in [1.165, 1.54) is 20.7 Å². The van der Waals surface area contributed by atoms with Crippen molar-refractivity contribution < 1.29 is 0 Å². The van der Waals surface area contributed by atoms with E-state index in [1.807, 2.05) is 36.4 Å². The molecule has 1 aromatic heterocycles. The van der Waals surface area contributed by atoms with Crippen LogP contribution in [-0.2, 0) is 0 Å². The molecule has 0 aliphatic heterocycles. The van der Waals surface area contributed by atoms with Gasteiger partial charge in [0.05, 0.1) is 34.3 Å². The number of para-hydroxylation sites is 1. The third kappa shape index (κ3) is 4.64. The predicted molar refractivity (Wildman–Crippen MR) is 199 cm³/mol. The first-order valence-electron chi connectivity index (χ1n) is 16.0. The van der Waals surface area contributed by atoms with E-state index in [1.54, 1.807) is 0 Å². The van der Waals surface area contributed by atoms with Crippen molar-refractivity contribution >= 4 is 50.6 Å². The van der Waals surface area contributed by atoms with Crippen LogP contribution in [0.4, 0.5) is 0 Å². The highest BCUT2D eigenvalue weighted by Crippen LogP contribution is 2.34. The van der Waals surface area contributed by atoms with Gasteiger partial charge in [0.15, 0.2) is 8.07 Å². The van der Waals surface area contributed by atoms with Gasteiger partial charge in [0.25, 0.3) is 0 Å². The zero-order valence-corrected chi connectivity index (χ0v) is 27.1. The van der Waals surface area contributed by atoms with E-state index in [9.17, 15) is 10.5 Å². The van der Waals surface area contributed by atoms with Gasteiger partial charge in [0.2, 0.25) is 0 Å². The lowest BCUT2D eigenvalue weighted by atomic mass is 9.99. The molecule has 0 spiro atoms. The average molecular weight is 628 g/mol. The number of aromatic nitrogens is 1. The molecule has 0 saturated heterocycles. The Labute approximate surface area is 280 Å². The molecule has 0 unspecified atom stereocenters. The van der Waals surface area contributed by atoms with Crippen molar-refractivity contribution in [2.75, 3.05) is 0 Å². The van der Waals surface area contributed by atoms with Crippen molar-refractivity contribution in [1.29, 1.82) is 10.5 Å². The largest absolute Gasteiger partial charge is 0.309 e. The first-order chi connectivity index (χ1) is 23.7. The number of hydrogen-bond acceptors (Lipinski definition) is 2. The summed E-state index contributed by atoms with van der Waals surface area (Å²) in [4.78, 5) is 0. The monoisotopic (exact) mass is 627 g/mol. The normalized spacial score (nSPS) is 11.3. The predicted octanol–water partition coefficient (Wildman–Crippen LogP) is 7.57. The lowest BCUT2D eigenvalue weighted by molar-refractivity contribution is 1.18. The van der Waals surface area contributed by atoms with Crippen LogP contribution in [0.15, 0.2) is 176 Å². The number of nitrogens with zero attached hydrogens (tertiary/aromatic N) is 3. The molecule has 4 heteroatoms. The highest BCUT2D eigenvalue weighted by molar-refractivity contribution is 7.19. The molecular formula is C44H29N3Si. The fraction of sp³-hybridized carbons (Fsp3) is 0. The summed E-state index contributed by atoms with van der Waals surface area (Å²) in [6, 6.07) is 66.4. The third-order valence-electron chi connectivity index (χ3n) is 9.43. The van der Waals surface area contributed by atoms with Gasteiger partial charge in [-0.3, -0.25) is 0 Å². The maximum absolute atomic E-state index is 10.4. The van der Waals surface area contributed by atoms with Crippen LogP contribution < -0.4 is 20.7 Å². The third-order valence-corrected chi connectivity index (χ3v) is 14.2. The second kappa shape index (κ2) is 12.0. The summed E-state index contributed by atoms with van der Waals surface area (Å²) >= 11 is 0. The Kier molecular flexibility index (Phi) is 7.27. The summed E-state index contributed by atoms with van der Waals surface area (Å²) in [6.45, 7) is 0. The Hall–Kier alpha value is -6.46. The lowest BCUT2D eigenvalue weighted by Gasteiger charge is -2.34. The van der Waals surface area contributed by atoms with E-state index >= 15 is 0 Å². The summed E-state index contributed by atoms with van der Waals surface area (Å²) in [7, 11) is -2.64. The van der Waals surface area contributed by atoms with Gasteiger partial charge in [0, 0.05) is 16.5 Å². The maximum Gasteiger partial charge on any atom is 0.179 e. The molecule has 224 valence electrons. The van der Waals surface area contributed by atoms with E-state index < -0.39 is 8.07 Å². The van der Waals surface area contributed by atoms with E-state index in [0.29, 0.717) is 11.1 Å². The quantitative estimate of drug-likeness (QED) is 0.141. The van der Waals surface area contributed by atoms with Crippen LogP contribution in [0, 0.1) is 22.7 Å². The van der Waals surface area contributed by atoms with Crippen LogP contribution in [0.3, 0.4) is 0 Å². The minimum Gasteiger partial charge on any atom is -0.309 e. The summed E-state index contributed by atoms with van der Waals surface area (Å²) in [5.74, 6) is 0. The molecule has 8 aromatic rings. The van der Waals surface area contributed by atoms with Gasteiger partial charge in [-0.1, -0.05) is 140 Å². The number of hydrogen-bond donors (Lipinski definition) is 0. The smallest absolute Gasteiger partial charge is 0.179 e. The molecular weight excluding hydrogens is 599 g/mol. The molecule has 8 rings (SSSR count). The Morgan fingerprint density at radius 2 is 0.979 bits per heavy atom. The summed E-state index contributed by atoms with van der Waals surface area (Å²) in [5.41, 5.74) is 6.07. The van der Waals surface area contributed by atoms with Crippen molar-refractivity contribution in [3.05, 3.63) is 187 Å². The van der Waals surface area contributed by atoms with Gasteiger partial charge in [-0.05, 0) is 68.3 Å². The van der Waals surface area contributed by atoms with Crippen LogP contribution >= 0.6 is 0 Å². The summed E-state index contributed by atoms with van der Waals surface area (Å²) < 4.78 is 2.18. The molecule has 0 aliphatic rings. The molecule has 3 nitrogen and oxygen atoms in total. The Morgan fingerprint density at radius 1 is 0.438 bits per heavy atom. The van der Waals surface area contributed by atoms with Crippen molar-refractivity contribution in [2.45, 2.75) is 0 Å². The average Bonchev–Trinajstić information content (AvgIpc) is 3.50. The van der Waals surface area contributed by atoms with Crippen molar-refractivity contribution in [3.8, 4) is 29.0 Å². The first kappa shape index (κ1) is 29.0. The molecule has 1 heterocycles. The van der Waals surface area contributed by atoms with Crippen molar-refractivity contribution in [1.82, 2.24) is 4.57 Å². The molecule has 0 amide bonds. The fourth-order valence-corrected chi connectivity index (χ4v) is 12.0. The zero-order valence-electron chi connectivity index (χ0n) is 26.1. The highest BCUT2D eigenvalue weighted by atomic mass is 28.3. The van der Waals surface area contributed by atoms with E-state index in [-0.39, 0.29) is 0 Å². The Balaban J connectivity index is 1.27. The minimum absolute atomic E-state index is 0.609. The van der Waals surface area contributed by atoms with Gasteiger partial charge in [-0.2, -0.15) is 10.5 Å². The molecule has 0 atom stereocenters. The number of benzene rings is 7. The highest BCUT2D eigenvalue weighted by Gasteiger charge is 2.41. The van der Waals surface area contributed by atoms with Crippen LogP contribution in [0.1, 0.15) is 11.1 Å². The number of nitriles is 2. The molecule has 48 heavy (non-hydrogen) atoms. The van der Waals surface area contributed by atoms with Crippen LogP contribution in [-0.4, -0.2) is 12.6 Å². The zero-order chi connectivity index (χ0) is 32.5. The molecule has 0 aliphatic carbocycles. The minimum atomic E-state index is -2.64. The first-order valence-corrected chi connectivity index (χ1v) is 18.0. The molecule has 0 N–H and O–H groups in total.